The maximum Gasteiger partial charge on any atom is 0.251 e. The average Bonchev–Trinajstić information content (AvgIpc) is 2.75. The first kappa shape index (κ1) is 18.5. The third kappa shape index (κ3) is 3.61. The van der Waals surface area contributed by atoms with Gasteiger partial charge in [-0.1, -0.05) is 30.3 Å². The van der Waals surface area contributed by atoms with Crippen molar-refractivity contribution in [3.8, 4) is 0 Å². The van der Waals surface area contributed by atoms with Gasteiger partial charge < -0.3 is 15.1 Å². The van der Waals surface area contributed by atoms with Gasteiger partial charge in [-0.15, -0.1) is 0 Å². The van der Waals surface area contributed by atoms with Crippen molar-refractivity contribution >= 4 is 23.2 Å². The average molecular weight is 377 g/mol. The van der Waals surface area contributed by atoms with E-state index >= 15 is 0 Å². The van der Waals surface area contributed by atoms with Crippen LogP contribution >= 0.6 is 0 Å². The van der Waals surface area contributed by atoms with E-state index in [0.717, 1.165) is 50.0 Å². The van der Waals surface area contributed by atoms with Gasteiger partial charge in [-0.2, -0.15) is 0 Å². The molecule has 1 saturated heterocycles. The minimum atomic E-state index is -0.0857. The highest BCUT2D eigenvalue weighted by Crippen LogP contribution is 2.39. The van der Waals surface area contributed by atoms with Crippen LogP contribution in [0.4, 0.5) is 11.4 Å². The van der Waals surface area contributed by atoms with Crippen LogP contribution in [0.2, 0.25) is 0 Å². The lowest BCUT2D eigenvalue weighted by Crippen LogP contribution is -2.54. The van der Waals surface area contributed by atoms with E-state index in [1.54, 1.807) is 4.90 Å². The number of piperidine rings is 1. The number of carbonyl (C=O) groups excluding carboxylic acids is 2. The molecule has 28 heavy (non-hydrogen) atoms. The molecule has 2 heterocycles. The van der Waals surface area contributed by atoms with Crippen molar-refractivity contribution in [2.24, 2.45) is 0 Å². The lowest BCUT2D eigenvalue weighted by molar-refractivity contribution is -0.120. The van der Waals surface area contributed by atoms with Crippen LogP contribution < -0.4 is 15.1 Å². The number of amides is 2. The van der Waals surface area contributed by atoms with Gasteiger partial charge in [0.2, 0.25) is 5.91 Å². The van der Waals surface area contributed by atoms with E-state index in [1.165, 1.54) is 5.56 Å². The van der Waals surface area contributed by atoms with Gasteiger partial charge in [0.05, 0.1) is 11.4 Å². The van der Waals surface area contributed by atoms with Crippen LogP contribution in [0.3, 0.4) is 0 Å². The lowest BCUT2D eigenvalue weighted by Gasteiger charge is -2.44. The first-order valence-electron chi connectivity index (χ1n) is 10.2. The van der Waals surface area contributed by atoms with E-state index < -0.39 is 0 Å². The van der Waals surface area contributed by atoms with Crippen molar-refractivity contribution in [1.82, 2.24) is 5.32 Å². The Morgan fingerprint density at radius 2 is 1.93 bits per heavy atom. The van der Waals surface area contributed by atoms with Crippen molar-refractivity contribution in [2.75, 3.05) is 29.9 Å². The molecule has 2 aromatic carbocycles. The molecule has 2 amide bonds. The van der Waals surface area contributed by atoms with Crippen LogP contribution in [0.15, 0.2) is 48.5 Å². The number of hydrogen-bond acceptors (Lipinski definition) is 3. The first-order chi connectivity index (χ1) is 13.6. The van der Waals surface area contributed by atoms with Crippen LogP contribution in [0.25, 0.3) is 0 Å². The number of nitrogens with one attached hydrogen (secondary N) is 1. The van der Waals surface area contributed by atoms with Gasteiger partial charge in [0.1, 0.15) is 6.04 Å². The fraction of sp³-hybridized carbons (Fsp3) is 0.391. The molecule has 0 aliphatic carbocycles. The Hall–Kier alpha value is -2.82. The second kappa shape index (κ2) is 8.05. The molecule has 0 saturated carbocycles. The highest BCUT2D eigenvalue weighted by molar-refractivity contribution is 6.07. The molecule has 5 nitrogen and oxygen atoms in total. The summed E-state index contributed by atoms with van der Waals surface area (Å²) in [5.41, 5.74) is 3.78. The zero-order valence-corrected chi connectivity index (χ0v) is 16.4. The van der Waals surface area contributed by atoms with E-state index in [0.29, 0.717) is 12.1 Å². The van der Waals surface area contributed by atoms with Crippen LogP contribution in [-0.4, -0.2) is 38.0 Å². The summed E-state index contributed by atoms with van der Waals surface area (Å²) in [5, 5.41) is 3.00. The Kier molecular flexibility index (Phi) is 5.33. The number of anilines is 2. The molecule has 0 unspecified atom stereocenters. The van der Waals surface area contributed by atoms with Crippen LogP contribution in [0.5, 0.6) is 0 Å². The van der Waals surface area contributed by atoms with Gasteiger partial charge in [0.15, 0.2) is 0 Å². The molecule has 146 valence electrons. The highest BCUT2D eigenvalue weighted by Gasteiger charge is 2.37. The second-order valence-corrected chi connectivity index (χ2v) is 7.65. The number of nitrogens with zero attached hydrogens (tertiary/aromatic N) is 2. The summed E-state index contributed by atoms with van der Waals surface area (Å²) in [7, 11) is 1.81. The van der Waals surface area contributed by atoms with Gasteiger partial charge >= 0.3 is 0 Å². The first-order valence-corrected chi connectivity index (χ1v) is 10.2. The number of hydrogen-bond donors (Lipinski definition) is 1. The van der Waals surface area contributed by atoms with Crippen LogP contribution in [0.1, 0.15) is 41.6 Å². The summed E-state index contributed by atoms with van der Waals surface area (Å²) in [6.45, 7) is 1.54. The zero-order chi connectivity index (χ0) is 19.5. The molecule has 2 aliphatic heterocycles. The topological polar surface area (TPSA) is 52.7 Å². The van der Waals surface area contributed by atoms with Gasteiger partial charge in [0, 0.05) is 25.7 Å². The van der Waals surface area contributed by atoms with E-state index in [9.17, 15) is 9.59 Å². The summed E-state index contributed by atoms with van der Waals surface area (Å²) in [6.07, 6.45) is 4.95. The van der Waals surface area contributed by atoms with Gasteiger partial charge in [-0.05, 0) is 55.9 Å². The number of aryl methyl sites for hydroxylation is 1. The molecule has 2 aliphatic rings. The molecule has 5 heteroatoms. The smallest absolute Gasteiger partial charge is 0.251 e. The van der Waals surface area contributed by atoms with Crippen molar-refractivity contribution < 1.29 is 9.59 Å². The molecule has 4 rings (SSSR count). The van der Waals surface area contributed by atoms with Crippen molar-refractivity contribution in [1.29, 1.82) is 0 Å². The maximum absolute atomic E-state index is 12.7. The summed E-state index contributed by atoms with van der Waals surface area (Å²) in [4.78, 5) is 29.2. The molecule has 1 N–H and O–H groups in total. The van der Waals surface area contributed by atoms with Gasteiger partial charge in [0.25, 0.3) is 5.91 Å². The molecular weight excluding hydrogens is 350 g/mol. The van der Waals surface area contributed by atoms with Crippen molar-refractivity contribution in [3.05, 3.63) is 59.7 Å². The predicted octanol–water partition coefficient (Wildman–Crippen LogP) is 3.38. The quantitative estimate of drug-likeness (QED) is 0.813. The molecule has 0 aromatic heterocycles. The number of rotatable bonds is 5. The minimum Gasteiger partial charge on any atom is -0.358 e. The molecule has 2 aromatic rings. The van der Waals surface area contributed by atoms with Gasteiger partial charge in [-0.25, -0.2) is 0 Å². The Morgan fingerprint density at radius 1 is 1.11 bits per heavy atom. The molecule has 0 bridgehead atoms. The minimum absolute atomic E-state index is 0.0519. The molecule has 0 spiro atoms. The lowest BCUT2D eigenvalue weighted by atomic mass is 9.96. The summed E-state index contributed by atoms with van der Waals surface area (Å²) in [6, 6.07) is 16.0. The van der Waals surface area contributed by atoms with E-state index in [-0.39, 0.29) is 17.9 Å². The zero-order valence-electron chi connectivity index (χ0n) is 16.4. The number of likely N-dealkylation sites (N-methyl/N-ethyl adjacent to an activating group) is 1. The summed E-state index contributed by atoms with van der Waals surface area (Å²) < 4.78 is 0. The van der Waals surface area contributed by atoms with Crippen molar-refractivity contribution in [2.45, 2.75) is 38.1 Å². The Bertz CT molecular complexity index is 865. The van der Waals surface area contributed by atoms with Crippen molar-refractivity contribution in [3.63, 3.8) is 0 Å². The predicted molar refractivity (Wildman–Crippen MR) is 112 cm³/mol. The Morgan fingerprint density at radius 3 is 2.75 bits per heavy atom. The number of carbonyl (C=O) groups is 2. The van der Waals surface area contributed by atoms with E-state index in [4.69, 9.17) is 0 Å². The van der Waals surface area contributed by atoms with Crippen LogP contribution in [0, 0.1) is 0 Å². The fourth-order valence-electron chi connectivity index (χ4n) is 4.24. The normalized spacial score (nSPS) is 18.5. The second-order valence-electron chi connectivity index (χ2n) is 7.65. The van der Waals surface area contributed by atoms with Gasteiger partial charge in [-0.3, -0.25) is 9.59 Å². The van der Waals surface area contributed by atoms with E-state index in [2.05, 4.69) is 22.3 Å². The third-order valence-corrected chi connectivity index (χ3v) is 5.80. The summed E-state index contributed by atoms with van der Waals surface area (Å²) in [5.74, 6) is 0.0464. The highest BCUT2D eigenvalue weighted by atomic mass is 16.2. The largest absolute Gasteiger partial charge is 0.358 e. The molecule has 1 atom stereocenters. The summed E-state index contributed by atoms with van der Waals surface area (Å²) >= 11 is 0. The Labute approximate surface area is 166 Å². The Balaban J connectivity index is 1.42. The fourth-order valence-corrected chi connectivity index (χ4v) is 4.24. The monoisotopic (exact) mass is 377 g/mol. The van der Waals surface area contributed by atoms with E-state index in [1.807, 2.05) is 43.4 Å². The number of fused-ring (bicyclic) bond motifs is 3. The number of benzene rings is 2. The van der Waals surface area contributed by atoms with Crippen LogP contribution in [-0.2, 0) is 11.2 Å². The maximum atomic E-state index is 12.7. The third-order valence-electron chi connectivity index (χ3n) is 5.80. The standard InChI is InChI=1S/C23H27N3O2/c1-25-21-16-18(22(27)24-14-7-10-17-8-3-2-4-9-17)12-13-19(21)26-15-6-5-11-20(26)23(25)28/h2-4,8-9,12-13,16,20H,5-7,10-11,14-15H2,1H3,(H,24,27)/t20-/m1/s1. The SMILES string of the molecule is CN1C(=O)[C@H]2CCCCN2c2ccc(C(=O)NCCCc3ccccc3)cc21. The molecular formula is C23H27N3O2. The molecule has 1 fully saturated rings. The molecule has 0 radical (unpaired) electrons.